The lowest BCUT2D eigenvalue weighted by Crippen LogP contribution is -2.46. The van der Waals surface area contributed by atoms with Gasteiger partial charge in [-0.25, -0.2) is 13.4 Å². The van der Waals surface area contributed by atoms with E-state index < -0.39 is 10.0 Å². The summed E-state index contributed by atoms with van der Waals surface area (Å²) in [7, 11) is -3.40. The molecule has 1 saturated heterocycles. The molecule has 0 amide bonds. The zero-order valence-corrected chi connectivity index (χ0v) is 9.57. The molecule has 0 bridgehead atoms. The fourth-order valence-corrected chi connectivity index (χ4v) is 2.97. The van der Waals surface area contributed by atoms with Gasteiger partial charge in [0.25, 0.3) is 0 Å². The van der Waals surface area contributed by atoms with Crippen LogP contribution in [0.25, 0.3) is 0 Å². The van der Waals surface area contributed by atoms with Crippen LogP contribution >= 0.6 is 0 Å². The smallest absolute Gasteiger partial charge is 0.244 e. The molecule has 0 unspecified atom stereocenters. The number of nitrogens with two attached hydrogens (primary N) is 1. The molecule has 1 aliphatic heterocycles. The Kier molecular flexibility index (Phi) is 3.08. The summed E-state index contributed by atoms with van der Waals surface area (Å²) in [4.78, 5) is 3.99. The van der Waals surface area contributed by atoms with Crippen molar-refractivity contribution in [3.8, 4) is 0 Å². The maximum absolute atomic E-state index is 12.1. The van der Waals surface area contributed by atoms with Crippen molar-refractivity contribution in [2.24, 2.45) is 0 Å². The Labute approximate surface area is 94.5 Å². The largest absolute Gasteiger partial charge is 0.384 e. The summed E-state index contributed by atoms with van der Waals surface area (Å²) in [6.07, 6.45) is 1.30. The predicted molar refractivity (Wildman–Crippen MR) is 60.3 cm³/mol. The minimum Gasteiger partial charge on any atom is -0.384 e. The summed E-state index contributed by atoms with van der Waals surface area (Å²) in [5.74, 6) is 0.319. The Morgan fingerprint density at radius 3 is 2.56 bits per heavy atom. The molecule has 1 aromatic rings. The number of sulfonamides is 1. The van der Waals surface area contributed by atoms with Gasteiger partial charge in [-0.05, 0) is 12.1 Å². The third kappa shape index (κ3) is 2.16. The number of piperazine rings is 1. The molecule has 16 heavy (non-hydrogen) atoms. The third-order valence-electron chi connectivity index (χ3n) is 2.47. The fraction of sp³-hybridized carbons (Fsp3) is 0.444. The summed E-state index contributed by atoms with van der Waals surface area (Å²) < 4.78 is 25.7. The van der Waals surface area contributed by atoms with Gasteiger partial charge in [-0.15, -0.1) is 0 Å². The van der Waals surface area contributed by atoms with E-state index in [2.05, 4.69) is 10.3 Å². The maximum Gasteiger partial charge on any atom is 0.244 e. The number of nitrogens with one attached hydrogen (secondary N) is 1. The Balaban J connectivity index is 2.27. The summed E-state index contributed by atoms with van der Waals surface area (Å²) in [6, 6.07) is 2.98. The Bertz CT molecular complexity index is 451. The van der Waals surface area contributed by atoms with E-state index in [1.807, 2.05) is 0 Å². The van der Waals surface area contributed by atoms with Crippen LogP contribution in [-0.4, -0.2) is 43.9 Å². The number of nitrogens with zero attached hydrogens (tertiary/aromatic N) is 2. The van der Waals surface area contributed by atoms with E-state index in [1.54, 1.807) is 0 Å². The highest BCUT2D eigenvalue weighted by molar-refractivity contribution is 7.89. The topological polar surface area (TPSA) is 88.3 Å². The van der Waals surface area contributed by atoms with Gasteiger partial charge in [-0.2, -0.15) is 4.31 Å². The van der Waals surface area contributed by atoms with E-state index in [4.69, 9.17) is 5.73 Å². The molecule has 0 atom stereocenters. The summed E-state index contributed by atoms with van der Waals surface area (Å²) >= 11 is 0. The van der Waals surface area contributed by atoms with E-state index in [-0.39, 0.29) is 4.90 Å². The van der Waals surface area contributed by atoms with Gasteiger partial charge in [-0.1, -0.05) is 0 Å². The van der Waals surface area contributed by atoms with Gasteiger partial charge in [0.05, 0.1) is 0 Å². The van der Waals surface area contributed by atoms with Crippen LogP contribution in [0.2, 0.25) is 0 Å². The fourth-order valence-electron chi connectivity index (χ4n) is 1.58. The maximum atomic E-state index is 12.1. The Hall–Kier alpha value is -1.18. The van der Waals surface area contributed by atoms with Crippen molar-refractivity contribution in [2.45, 2.75) is 4.90 Å². The molecule has 0 aromatic carbocycles. The first kappa shape index (κ1) is 11.3. The van der Waals surface area contributed by atoms with Crippen LogP contribution in [0.1, 0.15) is 0 Å². The molecule has 1 aromatic heterocycles. The molecule has 0 aliphatic carbocycles. The van der Waals surface area contributed by atoms with Crippen molar-refractivity contribution in [3.63, 3.8) is 0 Å². The summed E-state index contributed by atoms with van der Waals surface area (Å²) in [5, 5.41) is 3.11. The number of nitrogen functional groups attached to an aromatic ring is 1. The first-order chi connectivity index (χ1) is 7.60. The monoisotopic (exact) mass is 242 g/mol. The molecule has 88 valence electrons. The highest BCUT2D eigenvalue weighted by atomic mass is 32.2. The quantitative estimate of drug-likeness (QED) is 0.713. The van der Waals surface area contributed by atoms with Crippen LogP contribution in [0.15, 0.2) is 23.2 Å². The molecule has 1 aliphatic rings. The lowest BCUT2D eigenvalue weighted by molar-refractivity contribution is 0.360. The average Bonchev–Trinajstić information content (AvgIpc) is 2.31. The number of rotatable bonds is 2. The number of pyridine rings is 1. The van der Waals surface area contributed by atoms with E-state index in [0.29, 0.717) is 32.0 Å². The number of aromatic nitrogens is 1. The first-order valence-corrected chi connectivity index (χ1v) is 6.47. The molecule has 0 spiro atoms. The van der Waals surface area contributed by atoms with Gasteiger partial charge in [0, 0.05) is 32.4 Å². The van der Waals surface area contributed by atoms with Crippen molar-refractivity contribution >= 4 is 15.8 Å². The van der Waals surface area contributed by atoms with Gasteiger partial charge in [-0.3, -0.25) is 0 Å². The molecular formula is C9H14N4O2S. The summed E-state index contributed by atoms with van der Waals surface area (Å²) in [5.41, 5.74) is 5.42. The van der Waals surface area contributed by atoms with Crippen molar-refractivity contribution < 1.29 is 8.42 Å². The van der Waals surface area contributed by atoms with Gasteiger partial charge >= 0.3 is 0 Å². The van der Waals surface area contributed by atoms with Crippen molar-refractivity contribution in [1.29, 1.82) is 0 Å². The van der Waals surface area contributed by atoms with E-state index >= 15 is 0 Å². The molecule has 2 heterocycles. The van der Waals surface area contributed by atoms with Gasteiger partial charge in [0.15, 0.2) is 0 Å². The van der Waals surface area contributed by atoms with Crippen molar-refractivity contribution in [3.05, 3.63) is 18.3 Å². The molecule has 0 saturated carbocycles. The third-order valence-corrected chi connectivity index (χ3v) is 4.36. The summed E-state index contributed by atoms with van der Waals surface area (Å²) in [6.45, 7) is 2.35. The van der Waals surface area contributed by atoms with Crippen molar-refractivity contribution in [2.75, 3.05) is 31.9 Å². The van der Waals surface area contributed by atoms with E-state index in [1.165, 1.54) is 22.6 Å². The number of anilines is 1. The molecule has 6 nitrogen and oxygen atoms in total. The minimum absolute atomic E-state index is 0.198. The van der Waals surface area contributed by atoms with Gasteiger partial charge in [0.2, 0.25) is 10.0 Å². The highest BCUT2D eigenvalue weighted by Gasteiger charge is 2.25. The van der Waals surface area contributed by atoms with Crippen LogP contribution in [-0.2, 0) is 10.0 Å². The minimum atomic E-state index is -3.40. The Morgan fingerprint density at radius 1 is 1.31 bits per heavy atom. The van der Waals surface area contributed by atoms with Gasteiger partial charge < -0.3 is 11.1 Å². The highest BCUT2D eigenvalue weighted by Crippen LogP contribution is 2.15. The molecule has 1 fully saturated rings. The number of hydrogen-bond acceptors (Lipinski definition) is 5. The lowest BCUT2D eigenvalue weighted by Gasteiger charge is -2.26. The zero-order valence-electron chi connectivity index (χ0n) is 8.76. The normalized spacial score (nSPS) is 18.5. The zero-order chi connectivity index (χ0) is 11.6. The predicted octanol–water partition coefficient (Wildman–Crippen LogP) is -0.742. The standard InChI is InChI=1S/C9H14N4O2S/c10-9-2-1-8(7-12-9)16(14,15)13-5-3-11-4-6-13/h1-2,7,11H,3-6H2,(H2,10,12). The van der Waals surface area contributed by atoms with Crippen LogP contribution in [0, 0.1) is 0 Å². The van der Waals surface area contributed by atoms with Crippen molar-refractivity contribution in [1.82, 2.24) is 14.6 Å². The second-order valence-electron chi connectivity index (χ2n) is 3.57. The molecule has 0 radical (unpaired) electrons. The first-order valence-electron chi connectivity index (χ1n) is 5.03. The Morgan fingerprint density at radius 2 is 2.00 bits per heavy atom. The van der Waals surface area contributed by atoms with E-state index in [0.717, 1.165) is 0 Å². The number of hydrogen-bond donors (Lipinski definition) is 2. The molecule has 2 rings (SSSR count). The van der Waals surface area contributed by atoms with Crippen LogP contribution in [0.3, 0.4) is 0 Å². The van der Waals surface area contributed by atoms with Gasteiger partial charge in [0.1, 0.15) is 10.7 Å². The lowest BCUT2D eigenvalue weighted by atomic mass is 10.4. The second kappa shape index (κ2) is 4.36. The van der Waals surface area contributed by atoms with Crippen LogP contribution < -0.4 is 11.1 Å². The average molecular weight is 242 g/mol. The molecule has 3 N–H and O–H groups in total. The molecule has 7 heteroatoms. The van der Waals surface area contributed by atoms with Crippen LogP contribution in [0.5, 0.6) is 0 Å². The molecular weight excluding hydrogens is 228 g/mol. The van der Waals surface area contributed by atoms with E-state index in [9.17, 15) is 8.42 Å². The SMILES string of the molecule is Nc1ccc(S(=O)(=O)N2CCNCC2)cn1. The second-order valence-corrected chi connectivity index (χ2v) is 5.51. The van der Waals surface area contributed by atoms with Crippen LogP contribution in [0.4, 0.5) is 5.82 Å².